The number of hydrogen-bond donors (Lipinski definition) is 0. The van der Waals surface area contributed by atoms with Gasteiger partial charge in [-0.25, -0.2) is 0 Å². The van der Waals surface area contributed by atoms with Crippen molar-refractivity contribution in [3.05, 3.63) is 0 Å². The van der Waals surface area contributed by atoms with Crippen LogP contribution in [0.25, 0.3) is 0 Å². The third-order valence-corrected chi connectivity index (χ3v) is 4.55. The predicted octanol–water partition coefficient (Wildman–Crippen LogP) is 7.63. The molecule has 34 heavy (non-hydrogen) atoms. The summed E-state index contributed by atoms with van der Waals surface area (Å²) in [6.45, 7) is 0. The van der Waals surface area contributed by atoms with Crippen LogP contribution in [0.2, 0.25) is 0 Å². The maximum absolute atomic E-state index is 13.4. The van der Waals surface area contributed by atoms with Crippen molar-refractivity contribution >= 4 is 11.8 Å². The Morgan fingerprint density at radius 3 is 0.765 bits per heavy atom. The zero-order valence-corrected chi connectivity index (χ0v) is 15.9. The molecule has 0 aliphatic heterocycles. The highest BCUT2D eigenvalue weighted by Crippen LogP contribution is 2.66. The molecule has 0 N–H and O–H groups in total. The van der Waals surface area contributed by atoms with Crippen molar-refractivity contribution in [2.24, 2.45) is 0 Å². The number of alkyl halides is 21. The first kappa shape index (κ1) is 32.9. The molecule has 0 radical (unpaired) electrons. The summed E-state index contributed by atoms with van der Waals surface area (Å²) in [5.74, 6) is -78.9. The topological polar surface area (TPSA) is 0 Å². The van der Waals surface area contributed by atoms with Gasteiger partial charge in [-0.3, -0.25) is 0 Å². The molecule has 0 bridgehead atoms. The standard InChI is InChI=1S/C12H5F21S/c1-34-2-3(13,14)4(15,16)5(17,18)6(19,20)7(21,22)8(23,24)9(25,26)10(27,28)11(29,30)12(31,32)33/h2H2,1H3. The van der Waals surface area contributed by atoms with E-state index in [0.717, 1.165) is 0 Å². The van der Waals surface area contributed by atoms with Crippen LogP contribution in [-0.4, -0.2) is 71.5 Å². The zero-order chi connectivity index (χ0) is 28.4. The van der Waals surface area contributed by atoms with Gasteiger partial charge in [0.1, 0.15) is 0 Å². The maximum Gasteiger partial charge on any atom is 0.460 e. The molecule has 0 aromatic rings. The molecule has 0 rings (SSSR count). The summed E-state index contributed by atoms with van der Waals surface area (Å²) < 4.78 is 273. The van der Waals surface area contributed by atoms with E-state index in [0.29, 0.717) is 6.26 Å². The van der Waals surface area contributed by atoms with Crippen LogP contribution in [0.4, 0.5) is 92.2 Å². The van der Waals surface area contributed by atoms with Gasteiger partial charge in [-0.1, -0.05) is 0 Å². The molecule has 0 saturated heterocycles. The fourth-order valence-corrected chi connectivity index (χ4v) is 2.41. The smallest absolute Gasteiger partial charge is 0.199 e. The second-order valence-corrected chi connectivity index (χ2v) is 7.10. The molecule has 0 aliphatic rings. The monoisotopic (exact) mass is 580 g/mol. The fraction of sp³-hybridized carbons (Fsp3) is 1.00. The Labute approximate surface area is 176 Å². The van der Waals surface area contributed by atoms with Crippen molar-refractivity contribution in [3.8, 4) is 0 Å². The van der Waals surface area contributed by atoms with Gasteiger partial charge in [0.05, 0.1) is 5.75 Å². The highest BCUT2D eigenvalue weighted by Gasteiger charge is 2.97. The average Bonchev–Trinajstić information content (AvgIpc) is 2.59. The first-order chi connectivity index (χ1) is 14.3. The summed E-state index contributed by atoms with van der Waals surface area (Å²) in [6, 6.07) is 0. The second-order valence-electron chi connectivity index (χ2n) is 6.23. The lowest BCUT2D eigenvalue weighted by Crippen LogP contribution is -2.77. The van der Waals surface area contributed by atoms with E-state index in [1.165, 1.54) is 0 Å². The Bertz CT molecular complexity index is 731. The van der Waals surface area contributed by atoms with E-state index in [1.54, 1.807) is 0 Å². The largest absolute Gasteiger partial charge is 0.460 e. The molecule has 0 heterocycles. The van der Waals surface area contributed by atoms with Gasteiger partial charge < -0.3 is 0 Å². The highest BCUT2D eigenvalue weighted by molar-refractivity contribution is 7.98. The SMILES string of the molecule is CSCC(F)(F)C(F)(F)C(F)(F)C(F)(F)C(F)(F)C(F)(F)C(F)(F)C(F)(F)C(F)(F)C(F)(F)F. The lowest BCUT2D eigenvalue weighted by molar-refractivity contribution is -0.473. The van der Waals surface area contributed by atoms with Crippen LogP contribution in [0.15, 0.2) is 0 Å². The molecule has 0 atom stereocenters. The van der Waals surface area contributed by atoms with E-state index in [2.05, 4.69) is 0 Å². The van der Waals surface area contributed by atoms with E-state index < -0.39 is 77.0 Å². The lowest BCUT2D eigenvalue weighted by atomic mass is 9.86. The number of rotatable bonds is 10. The Morgan fingerprint density at radius 2 is 0.559 bits per heavy atom. The minimum atomic E-state index is -9.13. The molecule has 0 spiro atoms. The van der Waals surface area contributed by atoms with Gasteiger partial charge in [0.15, 0.2) is 0 Å². The molecular weight excluding hydrogens is 575 g/mol. The normalized spacial score (nSPS) is 16.8. The summed E-state index contributed by atoms with van der Waals surface area (Å²) >= 11 is -0.565. The Morgan fingerprint density at radius 1 is 0.353 bits per heavy atom. The van der Waals surface area contributed by atoms with Crippen LogP contribution < -0.4 is 0 Å². The van der Waals surface area contributed by atoms with Crippen molar-refractivity contribution in [3.63, 3.8) is 0 Å². The van der Waals surface area contributed by atoms with Gasteiger partial charge in [0.2, 0.25) is 0 Å². The van der Waals surface area contributed by atoms with E-state index >= 15 is 0 Å². The Kier molecular flexibility index (Phi) is 7.93. The van der Waals surface area contributed by atoms with Gasteiger partial charge in [0, 0.05) is 0 Å². The first-order valence-corrected chi connectivity index (χ1v) is 8.66. The third-order valence-electron chi connectivity index (χ3n) is 3.90. The van der Waals surface area contributed by atoms with Crippen molar-refractivity contribution in [2.75, 3.05) is 12.0 Å². The Hall–Kier alpha value is -1.12. The van der Waals surface area contributed by atoms with Gasteiger partial charge in [-0.05, 0) is 6.26 Å². The molecule has 0 saturated carbocycles. The lowest BCUT2D eigenvalue weighted by Gasteiger charge is -2.44. The van der Waals surface area contributed by atoms with Crippen LogP contribution in [0.3, 0.4) is 0 Å². The maximum atomic E-state index is 13.4. The zero-order valence-electron chi connectivity index (χ0n) is 15.1. The van der Waals surface area contributed by atoms with Crippen LogP contribution in [0.1, 0.15) is 0 Å². The summed E-state index contributed by atoms with van der Waals surface area (Å²) in [6.07, 6.45) is -7.59. The molecule has 0 nitrogen and oxygen atoms in total. The average molecular weight is 580 g/mol. The molecule has 22 heteroatoms. The first-order valence-electron chi connectivity index (χ1n) is 7.27. The third kappa shape index (κ3) is 3.92. The molecule has 0 amide bonds. The number of thioether (sulfide) groups is 1. The van der Waals surface area contributed by atoms with Crippen molar-refractivity contribution in [1.29, 1.82) is 0 Å². The minimum Gasteiger partial charge on any atom is -0.199 e. The summed E-state index contributed by atoms with van der Waals surface area (Å²) in [5, 5.41) is 0. The molecule has 206 valence electrons. The van der Waals surface area contributed by atoms with Crippen molar-refractivity contribution in [1.82, 2.24) is 0 Å². The van der Waals surface area contributed by atoms with Crippen LogP contribution in [0.5, 0.6) is 0 Å². The molecule has 0 aliphatic carbocycles. The van der Waals surface area contributed by atoms with Gasteiger partial charge in [-0.15, -0.1) is 0 Å². The summed E-state index contributed by atoms with van der Waals surface area (Å²) in [4.78, 5) is 0. The number of halogens is 21. The predicted molar refractivity (Wildman–Crippen MR) is 69.0 cm³/mol. The number of hydrogen-bond acceptors (Lipinski definition) is 1. The second kappa shape index (κ2) is 8.20. The van der Waals surface area contributed by atoms with Crippen LogP contribution >= 0.6 is 11.8 Å². The molecule has 0 aromatic heterocycles. The molecular formula is C12H5F21S. The van der Waals surface area contributed by atoms with Crippen molar-refractivity contribution in [2.45, 2.75) is 59.5 Å². The van der Waals surface area contributed by atoms with Crippen LogP contribution in [-0.2, 0) is 0 Å². The van der Waals surface area contributed by atoms with E-state index in [9.17, 15) is 92.2 Å². The summed E-state index contributed by atoms with van der Waals surface area (Å²) in [7, 11) is 0. The molecule has 0 fully saturated rings. The van der Waals surface area contributed by atoms with E-state index in [1.807, 2.05) is 0 Å². The fourth-order valence-electron chi connectivity index (χ4n) is 1.86. The highest BCUT2D eigenvalue weighted by atomic mass is 32.2. The van der Waals surface area contributed by atoms with Crippen LogP contribution in [0, 0.1) is 0 Å². The van der Waals surface area contributed by atoms with E-state index in [-0.39, 0.29) is 0 Å². The van der Waals surface area contributed by atoms with Gasteiger partial charge in [-0.2, -0.15) is 104 Å². The molecule has 0 unspecified atom stereocenters. The van der Waals surface area contributed by atoms with E-state index in [4.69, 9.17) is 0 Å². The van der Waals surface area contributed by atoms with Gasteiger partial charge >= 0.3 is 59.5 Å². The van der Waals surface area contributed by atoms with Gasteiger partial charge in [0.25, 0.3) is 0 Å². The minimum absolute atomic E-state index is 0.395. The summed E-state index contributed by atoms with van der Waals surface area (Å²) in [5.41, 5.74) is 0. The molecule has 0 aromatic carbocycles. The van der Waals surface area contributed by atoms with Crippen molar-refractivity contribution < 1.29 is 92.2 Å². The Balaban J connectivity index is 7.01. The quantitative estimate of drug-likeness (QED) is 0.240.